The van der Waals surface area contributed by atoms with Crippen molar-refractivity contribution in [2.24, 2.45) is 0 Å². The number of rotatable bonds is 5. The van der Waals surface area contributed by atoms with Gasteiger partial charge in [0, 0.05) is 51.2 Å². The Bertz CT molecular complexity index is 706. The van der Waals surface area contributed by atoms with E-state index in [-0.39, 0.29) is 5.91 Å². The predicted octanol–water partition coefficient (Wildman–Crippen LogP) is 2.01. The standard InChI is InChI=1S/C19H23N5O/c25-18(16-12-20-19(21-13-16)22-17-6-7-17)24-10-8-23(9-11-24)14-15-4-2-1-3-5-15/h1-5,12-13,17H,6-11,14H2,(H,20,21,22). The lowest BCUT2D eigenvalue weighted by molar-refractivity contribution is 0.0627. The van der Waals surface area contributed by atoms with Crippen molar-refractivity contribution in [3.05, 3.63) is 53.9 Å². The molecule has 1 aliphatic heterocycles. The Balaban J connectivity index is 1.30. The maximum atomic E-state index is 12.6. The number of hydrogen-bond donors (Lipinski definition) is 1. The summed E-state index contributed by atoms with van der Waals surface area (Å²) in [6, 6.07) is 11.0. The number of hydrogen-bond acceptors (Lipinski definition) is 5. The van der Waals surface area contributed by atoms with Gasteiger partial charge < -0.3 is 10.2 Å². The average Bonchev–Trinajstić information content (AvgIpc) is 3.47. The molecular weight excluding hydrogens is 314 g/mol. The first-order valence-electron chi connectivity index (χ1n) is 8.92. The minimum Gasteiger partial charge on any atom is -0.351 e. The van der Waals surface area contributed by atoms with Crippen molar-refractivity contribution in [1.29, 1.82) is 0 Å². The molecule has 2 aromatic rings. The van der Waals surface area contributed by atoms with E-state index >= 15 is 0 Å². The SMILES string of the molecule is O=C(c1cnc(NC2CC2)nc1)N1CCN(Cc2ccccc2)CC1. The first-order chi connectivity index (χ1) is 12.3. The van der Waals surface area contributed by atoms with Gasteiger partial charge in [0.05, 0.1) is 5.56 Å². The maximum Gasteiger partial charge on any atom is 0.257 e. The molecule has 1 aromatic heterocycles. The van der Waals surface area contributed by atoms with Crippen molar-refractivity contribution in [1.82, 2.24) is 19.8 Å². The molecule has 0 bridgehead atoms. The second kappa shape index (κ2) is 7.19. The van der Waals surface area contributed by atoms with E-state index in [1.54, 1.807) is 12.4 Å². The third kappa shape index (κ3) is 4.14. The Morgan fingerprint density at radius 1 is 1.04 bits per heavy atom. The van der Waals surface area contributed by atoms with Crippen LogP contribution in [0.3, 0.4) is 0 Å². The van der Waals surface area contributed by atoms with Gasteiger partial charge in [0.2, 0.25) is 5.95 Å². The summed E-state index contributed by atoms with van der Waals surface area (Å²) in [4.78, 5) is 25.4. The molecule has 0 unspecified atom stereocenters. The quantitative estimate of drug-likeness (QED) is 0.904. The zero-order chi connectivity index (χ0) is 17.1. The highest BCUT2D eigenvalue weighted by molar-refractivity contribution is 5.93. The van der Waals surface area contributed by atoms with E-state index in [2.05, 4.69) is 44.5 Å². The van der Waals surface area contributed by atoms with E-state index in [4.69, 9.17) is 0 Å². The van der Waals surface area contributed by atoms with Crippen LogP contribution in [0.5, 0.6) is 0 Å². The first kappa shape index (κ1) is 16.0. The number of carbonyl (C=O) groups excluding carboxylic acids is 1. The molecule has 1 saturated heterocycles. The predicted molar refractivity (Wildman–Crippen MR) is 96.3 cm³/mol. The molecule has 4 rings (SSSR count). The van der Waals surface area contributed by atoms with Gasteiger partial charge in [-0.05, 0) is 18.4 Å². The Morgan fingerprint density at radius 3 is 2.36 bits per heavy atom. The van der Waals surface area contributed by atoms with Crippen molar-refractivity contribution in [3.8, 4) is 0 Å². The topological polar surface area (TPSA) is 61.4 Å². The van der Waals surface area contributed by atoms with Crippen molar-refractivity contribution in [2.75, 3.05) is 31.5 Å². The molecule has 0 spiro atoms. The highest BCUT2D eigenvalue weighted by atomic mass is 16.2. The normalized spacial score (nSPS) is 18.2. The third-order valence-corrected chi connectivity index (χ3v) is 4.72. The molecule has 2 fully saturated rings. The van der Waals surface area contributed by atoms with Gasteiger partial charge in [-0.3, -0.25) is 9.69 Å². The molecule has 2 heterocycles. The molecule has 2 aliphatic rings. The summed E-state index contributed by atoms with van der Waals surface area (Å²) in [6.45, 7) is 4.21. The number of nitrogens with zero attached hydrogens (tertiary/aromatic N) is 4. The van der Waals surface area contributed by atoms with Crippen molar-refractivity contribution in [2.45, 2.75) is 25.4 Å². The number of piperazine rings is 1. The Morgan fingerprint density at radius 2 is 1.72 bits per heavy atom. The zero-order valence-corrected chi connectivity index (χ0v) is 14.3. The van der Waals surface area contributed by atoms with Gasteiger partial charge in [-0.1, -0.05) is 30.3 Å². The van der Waals surface area contributed by atoms with Gasteiger partial charge in [-0.15, -0.1) is 0 Å². The van der Waals surface area contributed by atoms with Crippen LogP contribution in [0.25, 0.3) is 0 Å². The van der Waals surface area contributed by atoms with Crippen LogP contribution in [0.15, 0.2) is 42.7 Å². The van der Waals surface area contributed by atoms with E-state index in [0.717, 1.165) is 32.7 Å². The van der Waals surface area contributed by atoms with Gasteiger partial charge >= 0.3 is 0 Å². The highest BCUT2D eigenvalue weighted by Crippen LogP contribution is 2.22. The lowest BCUT2D eigenvalue weighted by Crippen LogP contribution is -2.48. The van der Waals surface area contributed by atoms with Crippen molar-refractivity contribution in [3.63, 3.8) is 0 Å². The van der Waals surface area contributed by atoms with E-state index in [0.29, 0.717) is 17.6 Å². The minimum absolute atomic E-state index is 0.0253. The van der Waals surface area contributed by atoms with E-state index in [1.165, 1.54) is 18.4 Å². The molecule has 1 aliphatic carbocycles. The van der Waals surface area contributed by atoms with Crippen LogP contribution in [0, 0.1) is 0 Å². The molecule has 130 valence electrons. The third-order valence-electron chi connectivity index (χ3n) is 4.72. The fraction of sp³-hybridized carbons (Fsp3) is 0.421. The number of nitrogens with one attached hydrogen (secondary N) is 1. The second-order valence-corrected chi connectivity index (χ2v) is 6.77. The molecule has 1 N–H and O–H groups in total. The van der Waals surface area contributed by atoms with Crippen molar-refractivity contribution >= 4 is 11.9 Å². The zero-order valence-electron chi connectivity index (χ0n) is 14.3. The van der Waals surface area contributed by atoms with Crippen LogP contribution in [0.1, 0.15) is 28.8 Å². The largest absolute Gasteiger partial charge is 0.351 e. The number of amides is 1. The van der Waals surface area contributed by atoms with Crippen LogP contribution in [-0.4, -0.2) is 57.9 Å². The molecule has 0 atom stereocenters. The second-order valence-electron chi connectivity index (χ2n) is 6.77. The Kier molecular flexibility index (Phi) is 4.61. The summed E-state index contributed by atoms with van der Waals surface area (Å²) in [5, 5.41) is 3.24. The summed E-state index contributed by atoms with van der Waals surface area (Å²) in [5.74, 6) is 0.643. The smallest absolute Gasteiger partial charge is 0.257 e. The lowest BCUT2D eigenvalue weighted by Gasteiger charge is -2.34. The van der Waals surface area contributed by atoms with Crippen LogP contribution < -0.4 is 5.32 Å². The monoisotopic (exact) mass is 337 g/mol. The molecule has 0 radical (unpaired) electrons. The molecule has 6 heteroatoms. The lowest BCUT2D eigenvalue weighted by atomic mass is 10.2. The maximum absolute atomic E-state index is 12.6. The minimum atomic E-state index is 0.0253. The van der Waals surface area contributed by atoms with Crippen molar-refractivity contribution < 1.29 is 4.79 Å². The Labute approximate surface area is 147 Å². The van der Waals surface area contributed by atoms with Gasteiger partial charge in [-0.2, -0.15) is 0 Å². The van der Waals surface area contributed by atoms with Crippen LogP contribution in [-0.2, 0) is 6.54 Å². The van der Waals surface area contributed by atoms with Gasteiger partial charge in [0.25, 0.3) is 5.91 Å². The summed E-state index contributed by atoms with van der Waals surface area (Å²) in [7, 11) is 0. The summed E-state index contributed by atoms with van der Waals surface area (Å²) in [5.41, 5.74) is 1.88. The number of aromatic nitrogens is 2. The Hall–Kier alpha value is -2.47. The van der Waals surface area contributed by atoms with E-state index < -0.39 is 0 Å². The number of anilines is 1. The average molecular weight is 337 g/mol. The number of carbonyl (C=O) groups is 1. The van der Waals surface area contributed by atoms with Gasteiger partial charge in [-0.25, -0.2) is 9.97 Å². The van der Waals surface area contributed by atoms with Gasteiger partial charge in [0.15, 0.2) is 0 Å². The molecule has 1 aromatic carbocycles. The fourth-order valence-electron chi connectivity index (χ4n) is 3.06. The number of benzene rings is 1. The van der Waals surface area contributed by atoms with Gasteiger partial charge in [0.1, 0.15) is 0 Å². The molecule has 1 amide bonds. The summed E-state index contributed by atoms with van der Waals surface area (Å²) in [6.07, 6.45) is 5.63. The molecule has 25 heavy (non-hydrogen) atoms. The van der Waals surface area contributed by atoms with E-state index in [1.807, 2.05) is 11.0 Å². The van der Waals surface area contributed by atoms with E-state index in [9.17, 15) is 4.79 Å². The molecular formula is C19H23N5O. The van der Waals surface area contributed by atoms with Crippen LogP contribution >= 0.6 is 0 Å². The fourth-order valence-corrected chi connectivity index (χ4v) is 3.06. The summed E-state index contributed by atoms with van der Waals surface area (Å²) < 4.78 is 0. The van der Waals surface area contributed by atoms with Crippen LogP contribution in [0.2, 0.25) is 0 Å². The van der Waals surface area contributed by atoms with Crippen LogP contribution in [0.4, 0.5) is 5.95 Å². The summed E-state index contributed by atoms with van der Waals surface area (Å²) >= 11 is 0. The highest BCUT2D eigenvalue weighted by Gasteiger charge is 2.24. The molecule has 6 nitrogen and oxygen atoms in total. The first-order valence-corrected chi connectivity index (χ1v) is 8.92. The molecule has 1 saturated carbocycles.